The molecule has 3 N–H and O–H groups in total. The molecular formula is C9H8F3N5OS. The number of hydrogen-bond donors (Lipinski definition) is 2. The van der Waals surface area contributed by atoms with Gasteiger partial charge in [-0.25, -0.2) is 20.8 Å². The topological polar surface area (TPSA) is 89.9 Å². The molecule has 0 unspecified atom stereocenters. The molecule has 0 fully saturated rings. The van der Waals surface area contributed by atoms with Crippen LogP contribution in [0, 0.1) is 6.92 Å². The van der Waals surface area contributed by atoms with Crippen LogP contribution in [0.2, 0.25) is 0 Å². The Kier molecular flexibility index (Phi) is 3.62. The lowest BCUT2D eigenvalue weighted by molar-refractivity contribution is -0.141. The maximum atomic E-state index is 12.6. The molecule has 0 spiro atoms. The van der Waals surface area contributed by atoms with Gasteiger partial charge in [-0.1, -0.05) is 0 Å². The first-order valence-corrected chi connectivity index (χ1v) is 5.73. The molecule has 2 heterocycles. The predicted octanol–water partition coefficient (Wildman–Crippen LogP) is 2.23. The molecule has 0 atom stereocenters. The summed E-state index contributed by atoms with van der Waals surface area (Å²) in [6.07, 6.45) is -3.20. The van der Waals surface area contributed by atoms with E-state index in [9.17, 15) is 13.2 Å². The van der Waals surface area contributed by atoms with Crippen LogP contribution in [0.4, 0.5) is 19.1 Å². The third kappa shape index (κ3) is 3.35. The van der Waals surface area contributed by atoms with Gasteiger partial charge in [0.25, 0.3) is 5.22 Å². The summed E-state index contributed by atoms with van der Waals surface area (Å²) in [4.78, 5) is 11.0. The van der Waals surface area contributed by atoms with E-state index in [0.29, 0.717) is 5.69 Å². The Morgan fingerprint density at radius 1 is 1.32 bits per heavy atom. The summed E-state index contributed by atoms with van der Waals surface area (Å²) in [5.74, 6) is 4.70. The van der Waals surface area contributed by atoms with Gasteiger partial charge in [0.05, 0.1) is 5.69 Å². The number of halogens is 3. The Morgan fingerprint density at radius 3 is 2.58 bits per heavy atom. The molecule has 2 aromatic heterocycles. The van der Waals surface area contributed by atoms with Crippen molar-refractivity contribution in [2.45, 2.75) is 23.3 Å². The van der Waals surface area contributed by atoms with E-state index in [1.807, 2.05) is 5.43 Å². The van der Waals surface area contributed by atoms with Crippen LogP contribution in [0.5, 0.6) is 0 Å². The van der Waals surface area contributed by atoms with E-state index in [1.165, 1.54) is 6.26 Å². The number of nitrogens with two attached hydrogens (primary N) is 1. The van der Waals surface area contributed by atoms with Crippen LogP contribution < -0.4 is 11.3 Å². The summed E-state index contributed by atoms with van der Waals surface area (Å²) in [7, 11) is 0. The fraction of sp³-hybridized carbons (Fsp3) is 0.222. The maximum Gasteiger partial charge on any atom is 0.433 e. The standard InChI is InChI=1S/C9H8F3N5OS/c1-4-3-18-8(14-4)19-6-2-5(9(10,11)12)15-7(16-6)17-13/h2-3H,13H2,1H3,(H,15,16,17). The summed E-state index contributed by atoms with van der Waals surface area (Å²) < 4.78 is 42.9. The third-order valence-electron chi connectivity index (χ3n) is 1.91. The van der Waals surface area contributed by atoms with Crippen molar-refractivity contribution in [1.29, 1.82) is 0 Å². The first kappa shape index (κ1) is 13.6. The Hall–Kier alpha value is -1.81. The van der Waals surface area contributed by atoms with Crippen LogP contribution in [0.1, 0.15) is 11.4 Å². The van der Waals surface area contributed by atoms with E-state index in [1.54, 1.807) is 6.92 Å². The van der Waals surface area contributed by atoms with Crippen molar-refractivity contribution in [3.63, 3.8) is 0 Å². The number of alkyl halides is 3. The van der Waals surface area contributed by atoms with Gasteiger partial charge >= 0.3 is 6.18 Å². The average molecular weight is 291 g/mol. The van der Waals surface area contributed by atoms with Gasteiger partial charge in [0.1, 0.15) is 11.3 Å². The fourth-order valence-electron chi connectivity index (χ4n) is 1.16. The Bertz CT molecular complexity index is 585. The maximum absolute atomic E-state index is 12.6. The van der Waals surface area contributed by atoms with Crippen molar-refractivity contribution in [3.8, 4) is 0 Å². The second-order valence-corrected chi connectivity index (χ2v) is 4.39. The molecule has 0 amide bonds. The zero-order valence-electron chi connectivity index (χ0n) is 9.52. The lowest BCUT2D eigenvalue weighted by atomic mass is 10.4. The van der Waals surface area contributed by atoms with Gasteiger partial charge in [-0.2, -0.15) is 13.2 Å². The summed E-state index contributed by atoms with van der Waals surface area (Å²) in [5, 5.41) is 0.212. The largest absolute Gasteiger partial charge is 0.439 e. The van der Waals surface area contributed by atoms with Crippen LogP contribution in [-0.4, -0.2) is 15.0 Å². The lowest BCUT2D eigenvalue weighted by Gasteiger charge is -2.08. The normalized spacial score (nSPS) is 11.6. The van der Waals surface area contributed by atoms with Gasteiger partial charge in [-0.05, 0) is 18.7 Å². The summed E-state index contributed by atoms with van der Waals surface area (Å²) in [5.41, 5.74) is 1.50. The molecule has 0 aliphatic rings. The number of aryl methyl sites for hydroxylation is 1. The van der Waals surface area contributed by atoms with Gasteiger partial charge in [-0.3, -0.25) is 5.43 Å². The third-order valence-corrected chi connectivity index (χ3v) is 2.69. The highest BCUT2D eigenvalue weighted by atomic mass is 32.2. The number of rotatable bonds is 3. The van der Waals surface area contributed by atoms with Crippen molar-refractivity contribution in [2.24, 2.45) is 5.84 Å². The highest BCUT2D eigenvalue weighted by molar-refractivity contribution is 7.99. The lowest BCUT2D eigenvalue weighted by Crippen LogP contribution is -2.15. The number of nitrogens with one attached hydrogen (secondary N) is 1. The van der Waals surface area contributed by atoms with Crippen LogP contribution in [-0.2, 0) is 6.18 Å². The fourth-order valence-corrected chi connectivity index (χ4v) is 1.92. The van der Waals surface area contributed by atoms with E-state index < -0.39 is 11.9 Å². The Labute approximate surface area is 109 Å². The van der Waals surface area contributed by atoms with Crippen molar-refractivity contribution in [1.82, 2.24) is 15.0 Å². The number of hydrazine groups is 1. The molecule has 0 aliphatic heterocycles. The van der Waals surface area contributed by atoms with Gasteiger partial charge in [0.2, 0.25) is 5.95 Å². The Morgan fingerprint density at radius 2 is 2.05 bits per heavy atom. The minimum Gasteiger partial charge on any atom is -0.439 e. The molecule has 0 aromatic carbocycles. The first-order chi connectivity index (χ1) is 8.88. The minimum absolute atomic E-state index is 0.0251. The van der Waals surface area contributed by atoms with Crippen molar-refractivity contribution in [2.75, 3.05) is 5.43 Å². The molecule has 0 aliphatic carbocycles. The molecule has 2 aromatic rings. The summed E-state index contributed by atoms with van der Waals surface area (Å²) >= 11 is 0.844. The molecule has 6 nitrogen and oxygen atoms in total. The predicted molar refractivity (Wildman–Crippen MR) is 60.2 cm³/mol. The van der Waals surface area contributed by atoms with Gasteiger partial charge in [0.15, 0.2) is 5.69 Å². The Balaban J connectivity index is 2.34. The minimum atomic E-state index is -4.59. The highest BCUT2D eigenvalue weighted by Gasteiger charge is 2.33. The zero-order chi connectivity index (χ0) is 14.0. The van der Waals surface area contributed by atoms with Crippen molar-refractivity contribution in [3.05, 3.63) is 23.7 Å². The first-order valence-electron chi connectivity index (χ1n) is 4.91. The molecule has 2 rings (SSSR count). The van der Waals surface area contributed by atoms with Crippen LogP contribution in [0.15, 0.2) is 27.0 Å². The molecule has 0 bridgehead atoms. The monoisotopic (exact) mass is 291 g/mol. The average Bonchev–Trinajstić information content (AvgIpc) is 2.73. The molecule has 102 valence electrons. The number of hydrogen-bond acceptors (Lipinski definition) is 7. The zero-order valence-corrected chi connectivity index (χ0v) is 10.3. The SMILES string of the molecule is Cc1coc(Sc2cc(C(F)(F)F)nc(NN)n2)n1. The molecule has 0 saturated heterocycles. The molecule has 0 radical (unpaired) electrons. The highest BCUT2D eigenvalue weighted by Crippen LogP contribution is 2.32. The molecular weight excluding hydrogens is 283 g/mol. The van der Waals surface area contributed by atoms with E-state index in [0.717, 1.165) is 17.8 Å². The van der Waals surface area contributed by atoms with Gasteiger partial charge < -0.3 is 4.42 Å². The number of nitrogen functional groups attached to an aromatic ring is 1. The quantitative estimate of drug-likeness (QED) is 0.509. The summed E-state index contributed by atoms with van der Waals surface area (Å²) in [6, 6.07) is 0.797. The van der Waals surface area contributed by atoms with Crippen LogP contribution >= 0.6 is 11.8 Å². The molecule has 10 heteroatoms. The summed E-state index contributed by atoms with van der Waals surface area (Å²) in [6.45, 7) is 1.70. The van der Waals surface area contributed by atoms with Gasteiger partial charge in [-0.15, -0.1) is 0 Å². The number of oxazole rings is 1. The smallest absolute Gasteiger partial charge is 0.433 e. The van der Waals surface area contributed by atoms with Gasteiger partial charge in [0, 0.05) is 6.07 Å². The van der Waals surface area contributed by atoms with Crippen LogP contribution in [0.25, 0.3) is 0 Å². The van der Waals surface area contributed by atoms with E-state index in [4.69, 9.17) is 10.3 Å². The van der Waals surface area contributed by atoms with E-state index >= 15 is 0 Å². The van der Waals surface area contributed by atoms with E-state index in [2.05, 4.69) is 15.0 Å². The second kappa shape index (κ2) is 5.05. The number of anilines is 1. The van der Waals surface area contributed by atoms with Crippen molar-refractivity contribution < 1.29 is 17.6 Å². The molecule has 19 heavy (non-hydrogen) atoms. The second-order valence-electron chi connectivity index (χ2n) is 3.41. The number of aromatic nitrogens is 3. The van der Waals surface area contributed by atoms with Crippen molar-refractivity contribution >= 4 is 17.7 Å². The van der Waals surface area contributed by atoms with Crippen LogP contribution in [0.3, 0.4) is 0 Å². The van der Waals surface area contributed by atoms with E-state index in [-0.39, 0.29) is 16.2 Å². The number of nitrogens with zero attached hydrogens (tertiary/aromatic N) is 3. The molecule has 0 saturated carbocycles.